The predicted octanol–water partition coefficient (Wildman–Crippen LogP) is 24.8. The molecular formula is C83H162O17P2. The molecule has 0 aliphatic carbocycles. The van der Waals surface area contributed by atoms with Crippen molar-refractivity contribution >= 4 is 39.5 Å². The normalized spacial score (nSPS) is 14.0. The molecule has 0 amide bonds. The number of ether oxygens (including phenoxy) is 4. The minimum atomic E-state index is -4.96. The third kappa shape index (κ3) is 76.3. The number of unbranched alkanes of at least 4 members (excludes halogenated alkanes) is 46. The lowest BCUT2D eigenvalue weighted by atomic mass is 10.0. The first kappa shape index (κ1) is 100. The minimum absolute atomic E-state index is 0.107. The largest absolute Gasteiger partial charge is 0.472 e. The maximum absolute atomic E-state index is 13.1. The van der Waals surface area contributed by atoms with E-state index in [0.29, 0.717) is 31.6 Å². The fourth-order valence-electron chi connectivity index (χ4n) is 12.8. The third-order valence-corrected chi connectivity index (χ3v) is 21.2. The second kappa shape index (κ2) is 72.0. The van der Waals surface area contributed by atoms with Crippen LogP contribution in [0.5, 0.6) is 0 Å². The lowest BCUT2D eigenvalue weighted by Gasteiger charge is -2.21. The summed E-state index contributed by atoms with van der Waals surface area (Å²) in [6.45, 7) is 14.3. The van der Waals surface area contributed by atoms with Crippen molar-refractivity contribution < 1.29 is 80.2 Å². The van der Waals surface area contributed by atoms with Gasteiger partial charge < -0.3 is 33.8 Å². The van der Waals surface area contributed by atoms with Crippen molar-refractivity contribution in [3.8, 4) is 0 Å². The molecule has 0 saturated carbocycles. The third-order valence-electron chi connectivity index (χ3n) is 19.3. The number of phosphoric acid groups is 2. The van der Waals surface area contributed by atoms with Gasteiger partial charge in [0.05, 0.1) is 26.4 Å². The molecule has 0 fully saturated rings. The molecule has 0 aromatic rings. The van der Waals surface area contributed by atoms with Crippen LogP contribution in [0, 0.1) is 23.7 Å². The van der Waals surface area contributed by atoms with Crippen LogP contribution < -0.4 is 0 Å². The Morgan fingerprint density at radius 2 is 0.412 bits per heavy atom. The molecule has 17 nitrogen and oxygen atoms in total. The van der Waals surface area contributed by atoms with Crippen molar-refractivity contribution in [3.05, 3.63) is 0 Å². The van der Waals surface area contributed by atoms with E-state index in [9.17, 15) is 43.2 Å². The minimum Gasteiger partial charge on any atom is -0.462 e. The van der Waals surface area contributed by atoms with Gasteiger partial charge in [0.25, 0.3) is 0 Å². The Hall–Kier alpha value is -1.94. The molecule has 0 heterocycles. The fraction of sp³-hybridized carbons (Fsp3) is 0.952. The highest BCUT2D eigenvalue weighted by Gasteiger charge is 2.30. The zero-order valence-electron chi connectivity index (χ0n) is 67.2. The van der Waals surface area contributed by atoms with Crippen molar-refractivity contribution in [2.24, 2.45) is 23.7 Å². The van der Waals surface area contributed by atoms with Gasteiger partial charge in [0, 0.05) is 25.7 Å². The van der Waals surface area contributed by atoms with Crippen molar-refractivity contribution in [1.82, 2.24) is 0 Å². The predicted molar refractivity (Wildman–Crippen MR) is 418 cm³/mol. The van der Waals surface area contributed by atoms with Gasteiger partial charge in [-0.05, 0) is 49.4 Å². The molecule has 3 unspecified atom stereocenters. The molecule has 19 heteroatoms. The Morgan fingerprint density at radius 1 is 0.245 bits per heavy atom. The molecule has 606 valence electrons. The molecule has 3 N–H and O–H groups in total. The van der Waals surface area contributed by atoms with Crippen LogP contribution in [0.3, 0.4) is 0 Å². The molecular weight excluding hydrogens is 1330 g/mol. The SMILES string of the molecule is CC(C)CCCCCCCCCCCCCCCCCCC(=O)O[C@H](COC(=O)CCCCCCCCCC(C)C)COP(=O)(O)OCC(O)COP(=O)(O)OC[C@@H](COC(=O)CCCCCCCCCCCCCCCCC(C)C)OC(=O)CCCCCCCCCCCCCCCC(C)C. The first-order valence-corrected chi connectivity index (χ1v) is 45.7. The summed E-state index contributed by atoms with van der Waals surface area (Å²) < 4.78 is 68.8. The summed E-state index contributed by atoms with van der Waals surface area (Å²) in [6.07, 6.45) is 59.7. The monoisotopic (exact) mass is 1490 g/mol. The highest BCUT2D eigenvalue weighted by Crippen LogP contribution is 2.45. The van der Waals surface area contributed by atoms with Gasteiger partial charge in [-0.2, -0.15) is 0 Å². The maximum atomic E-state index is 13.1. The van der Waals surface area contributed by atoms with Crippen molar-refractivity contribution in [3.63, 3.8) is 0 Å². The molecule has 0 spiro atoms. The van der Waals surface area contributed by atoms with Gasteiger partial charge in [-0.15, -0.1) is 0 Å². The first-order chi connectivity index (χ1) is 49.1. The van der Waals surface area contributed by atoms with E-state index in [4.69, 9.17) is 37.0 Å². The van der Waals surface area contributed by atoms with Gasteiger partial charge in [-0.3, -0.25) is 37.3 Å². The van der Waals surface area contributed by atoms with Gasteiger partial charge in [-0.25, -0.2) is 9.13 Å². The number of aliphatic hydroxyl groups is 1. The van der Waals surface area contributed by atoms with Gasteiger partial charge in [-0.1, -0.05) is 376 Å². The van der Waals surface area contributed by atoms with Crippen LogP contribution in [0.15, 0.2) is 0 Å². The Kier molecular flexibility index (Phi) is 70.6. The van der Waals surface area contributed by atoms with E-state index in [2.05, 4.69) is 55.4 Å². The zero-order valence-corrected chi connectivity index (χ0v) is 69.0. The van der Waals surface area contributed by atoms with Crippen LogP contribution in [0.1, 0.15) is 428 Å². The molecule has 0 aromatic carbocycles. The topological polar surface area (TPSA) is 237 Å². The molecule has 0 saturated heterocycles. The number of phosphoric ester groups is 2. The van der Waals surface area contributed by atoms with Crippen LogP contribution in [0.2, 0.25) is 0 Å². The van der Waals surface area contributed by atoms with Gasteiger partial charge in [0.15, 0.2) is 12.2 Å². The van der Waals surface area contributed by atoms with E-state index >= 15 is 0 Å². The van der Waals surface area contributed by atoms with Crippen molar-refractivity contribution in [2.75, 3.05) is 39.6 Å². The summed E-state index contributed by atoms with van der Waals surface area (Å²) in [5.74, 6) is 0.988. The smallest absolute Gasteiger partial charge is 0.462 e. The van der Waals surface area contributed by atoms with Crippen LogP contribution in [0.4, 0.5) is 0 Å². The lowest BCUT2D eigenvalue weighted by Crippen LogP contribution is -2.30. The van der Waals surface area contributed by atoms with E-state index in [-0.39, 0.29) is 25.7 Å². The summed E-state index contributed by atoms with van der Waals surface area (Å²) in [4.78, 5) is 73.1. The zero-order chi connectivity index (χ0) is 75.3. The number of hydrogen-bond donors (Lipinski definition) is 3. The Balaban J connectivity index is 5.23. The van der Waals surface area contributed by atoms with Crippen LogP contribution >= 0.6 is 15.6 Å². The summed E-state index contributed by atoms with van der Waals surface area (Å²) >= 11 is 0. The molecule has 0 aliphatic rings. The van der Waals surface area contributed by atoms with E-state index in [1.807, 2.05) is 0 Å². The highest BCUT2D eigenvalue weighted by atomic mass is 31.2. The quantitative estimate of drug-likeness (QED) is 0.0222. The van der Waals surface area contributed by atoms with Crippen LogP contribution in [-0.2, 0) is 65.4 Å². The maximum Gasteiger partial charge on any atom is 0.472 e. The van der Waals surface area contributed by atoms with E-state index in [1.165, 1.54) is 225 Å². The van der Waals surface area contributed by atoms with E-state index in [1.54, 1.807) is 0 Å². The van der Waals surface area contributed by atoms with Crippen molar-refractivity contribution in [1.29, 1.82) is 0 Å². The number of carbonyl (C=O) groups is 4. The molecule has 0 radical (unpaired) electrons. The average molecular weight is 1490 g/mol. The summed E-state index contributed by atoms with van der Waals surface area (Å²) in [7, 11) is -9.93. The van der Waals surface area contributed by atoms with Crippen LogP contribution in [-0.4, -0.2) is 96.7 Å². The summed E-state index contributed by atoms with van der Waals surface area (Å²) in [6, 6.07) is 0. The number of rotatable bonds is 80. The fourth-order valence-corrected chi connectivity index (χ4v) is 14.4. The Labute approximate surface area is 626 Å². The second-order valence-electron chi connectivity index (χ2n) is 31.8. The number of esters is 4. The van der Waals surface area contributed by atoms with E-state index < -0.39 is 97.5 Å². The van der Waals surface area contributed by atoms with Gasteiger partial charge >= 0.3 is 39.5 Å². The Bertz CT molecular complexity index is 1990. The summed E-state index contributed by atoms with van der Waals surface area (Å²) in [5, 5.41) is 10.7. The highest BCUT2D eigenvalue weighted by molar-refractivity contribution is 7.47. The number of carbonyl (C=O) groups excluding carboxylic acids is 4. The standard InChI is InChI=1S/C83H162O17P2/c1-73(2)59-51-43-35-28-22-16-11-9-10-12-20-26-32-40-49-57-65-83(88)100-79(70-94-81(86)64-56-48-42-34-38-46-54-62-76(7)8)72-98-102(91,92)96-68-77(84)67-95-101(89,90)97-71-78(99-82(87)66-58-50-41-33-27-21-15-18-24-30-37-45-53-61-75(5)6)69-93-80(85)63-55-47-39-31-25-19-14-13-17-23-29-36-44-52-60-74(3)4/h73-79,84H,9-72H2,1-8H3,(H,89,90)(H,91,92)/t77?,78-,79-/m1/s1. The lowest BCUT2D eigenvalue weighted by molar-refractivity contribution is -0.161. The molecule has 0 bridgehead atoms. The van der Waals surface area contributed by atoms with E-state index in [0.717, 1.165) is 114 Å². The van der Waals surface area contributed by atoms with Gasteiger partial charge in [0.1, 0.15) is 19.3 Å². The van der Waals surface area contributed by atoms with Crippen LogP contribution in [0.25, 0.3) is 0 Å². The molecule has 0 aliphatic heterocycles. The molecule has 5 atom stereocenters. The Morgan fingerprint density at radius 3 is 0.608 bits per heavy atom. The molecule has 102 heavy (non-hydrogen) atoms. The summed E-state index contributed by atoms with van der Waals surface area (Å²) in [5.41, 5.74) is 0. The van der Waals surface area contributed by atoms with Crippen molar-refractivity contribution in [2.45, 2.75) is 446 Å². The molecule has 0 aromatic heterocycles. The molecule has 0 rings (SSSR count). The number of aliphatic hydroxyl groups excluding tert-OH is 1. The second-order valence-corrected chi connectivity index (χ2v) is 34.7. The van der Waals surface area contributed by atoms with Gasteiger partial charge in [0.2, 0.25) is 0 Å². The number of hydrogen-bond acceptors (Lipinski definition) is 15. The first-order valence-electron chi connectivity index (χ1n) is 42.7. The average Bonchev–Trinajstić information content (AvgIpc) is 0.911.